The summed E-state index contributed by atoms with van der Waals surface area (Å²) in [6.45, 7) is 11.7. The molecule has 0 aromatic rings. The number of hydrogen-bond acceptors (Lipinski definition) is 9. The minimum absolute atomic E-state index is 0.318. The van der Waals surface area contributed by atoms with Crippen LogP contribution >= 0.6 is 0 Å². The smallest absolute Gasteiger partial charge is 0.146 e. The highest BCUT2D eigenvalue weighted by molar-refractivity contribution is 4.58. The Labute approximate surface area is 162 Å². The van der Waals surface area contributed by atoms with Crippen molar-refractivity contribution >= 4 is 0 Å². The number of nitrogens with zero attached hydrogens (tertiary/aromatic N) is 2. The lowest BCUT2D eigenvalue weighted by atomic mass is 10.4. The lowest BCUT2D eigenvalue weighted by Crippen LogP contribution is -2.36. The zero-order valence-corrected chi connectivity index (χ0v) is 16.5. The van der Waals surface area contributed by atoms with E-state index in [1.807, 2.05) is 0 Å². The Hall–Kier alpha value is -0.360. The van der Waals surface area contributed by atoms with E-state index in [-0.39, 0.29) is 0 Å². The van der Waals surface area contributed by atoms with Gasteiger partial charge in [-0.2, -0.15) is 0 Å². The van der Waals surface area contributed by atoms with Gasteiger partial charge in [-0.15, -0.1) is 0 Å². The van der Waals surface area contributed by atoms with Gasteiger partial charge >= 0.3 is 0 Å². The molecule has 0 saturated carbocycles. The van der Waals surface area contributed by atoms with Crippen LogP contribution in [0.25, 0.3) is 0 Å². The van der Waals surface area contributed by atoms with Gasteiger partial charge in [-0.05, 0) is 0 Å². The molecule has 0 spiro atoms. The first kappa shape index (κ1) is 22.9. The minimum atomic E-state index is 0.318. The maximum atomic E-state index is 5.65. The van der Waals surface area contributed by atoms with Crippen molar-refractivity contribution in [2.45, 2.75) is 0 Å². The van der Waals surface area contributed by atoms with Crippen LogP contribution in [-0.2, 0) is 33.2 Å². The SMILES string of the molecule is C1COCCN2CCOCOCCN(CCOCCO1)CCOCOCC2. The van der Waals surface area contributed by atoms with Crippen LogP contribution < -0.4 is 0 Å². The fourth-order valence-corrected chi connectivity index (χ4v) is 2.73. The molecule has 3 saturated heterocycles. The summed E-state index contributed by atoms with van der Waals surface area (Å²) in [4.78, 5) is 4.53. The maximum Gasteiger partial charge on any atom is 0.146 e. The summed E-state index contributed by atoms with van der Waals surface area (Å²) >= 11 is 0. The van der Waals surface area contributed by atoms with Crippen LogP contribution in [0.2, 0.25) is 0 Å². The Morgan fingerprint density at radius 1 is 0.296 bits per heavy atom. The van der Waals surface area contributed by atoms with Gasteiger partial charge in [0.05, 0.1) is 66.1 Å². The zero-order chi connectivity index (χ0) is 18.8. The predicted molar refractivity (Wildman–Crippen MR) is 98.9 cm³/mol. The molecule has 3 heterocycles. The summed E-state index contributed by atoms with van der Waals surface area (Å²) in [5, 5.41) is 0. The molecule has 160 valence electrons. The van der Waals surface area contributed by atoms with Crippen molar-refractivity contribution in [1.82, 2.24) is 9.80 Å². The largest absolute Gasteiger partial charge is 0.378 e. The third-order valence-electron chi connectivity index (χ3n) is 4.39. The second-order valence-corrected chi connectivity index (χ2v) is 6.39. The summed E-state index contributed by atoms with van der Waals surface area (Å²) in [6.07, 6.45) is 0. The maximum absolute atomic E-state index is 5.65. The lowest BCUT2D eigenvalue weighted by molar-refractivity contribution is -0.0839. The Morgan fingerprint density at radius 2 is 0.556 bits per heavy atom. The molecular weight excluding hydrogens is 356 g/mol. The summed E-state index contributed by atoms with van der Waals surface area (Å²) in [7, 11) is 0. The first-order chi connectivity index (χ1) is 13.4. The number of fused-ring (bicyclic) bond motifs is 22. The van der Waals surface area contributed by atoms with E-state index in [4.69, 9.17) is 33.2 Å². The van der Waals surface area contributed by atoms with Gasteiger partial charge in [0.1, 0.15) is 13.6 Å². The first-order valence-electron chi connectivity index (χ1n) is 9.94. The Morgan fingerprint density at radius 3 is 0.889 bits per heavy atom. The van der Waals surface area contributed by atoms with Crippen LogP contribution in [0.4, 0.5) is 0 Å². The number of ether oxygens (including phenoxy) is 7. The van der Waals surface area contributed by atoms with Crippen molar-refractivity contribution in [3.63, 3.8) is 0 Å². The normalized spacial score (nSPS) is 30.2. The molecule has 3 fully saturated rings. The Balaban J connectivity index is 1.85. The molecule has 9 heteroatoms. The van der Waals surface area contributed by atoms with E-state index in [9.17, 15) is 0 Å². The van der Waals surface area contributed by atoms with Crippen LogP contribution in [0.1, 0.15) is 0 Å². The zero-order valence-electron chi connectivity index (χ0n) is 16.5. The number of rotatable bonds is 0. The topological polar surface area (TPSA) is 71.1 Å². The fourth-order valence-electron chi connectivity index (χ4n) is 2.73. The second-order valence-electron chi connectivity index (χ2n) is 6.39. The van der Waals surface area contributed by atoms with Crippen molar-refractivity contribution < 1.29 is 33.2 Å². The monoisotopic (exact) mass is 392 g/mol. The first-order valence-corrected chi connectivity index (χ1v) is 9.94. The van der Waals surface area contributed by atoms with Crippen molar-refractivity contribution in [3.05, 3.63) is 0 Å². The van der Waals surface area contributed by atoms with Crippen molar-refractivity contribution in [1.29, 1.82) is 0 Å². The van der Waals surface area contributed by atoms with E-state index < -0.39 is 0 Å². The van der Waals surface area contributed by atoms with Gasteiger partial charge in [-0.25, -0.2) is 0 Å². The molecule has 3 rings (SSSR count). The van der Waals surface area contributed by atoms with E-state index in [1.54, 1.807) is 0 Å². The predicted octanol–water partition coefficient (Wildman–Crippen LogP) is -0.351. The average molecular weight is 392 g/mol. The molecule has 0 radical (unpaired) electrons. The highest BCUT2D eigenvalue weighted by Gasteiger charge is 2.08. The molecule has 0 N–H and O–H groups in total. The van der Waals surface area contributed by atoms with Gasteiger partial charge in [0, 0.05) is 39.3 Å². The van der Waals surface area contributed by atoms with E-state index in [2.05, 4.69) is 9.80 Å². The Kier molecular flexibility index (Phi) is 14.1. The molecule has 0 aromatic heterocycles. The van der Waals surface area contributed by atoms with Crippen LogP contribution in [0.5, 0.6) is 0 Å². The third kappa shape index (κ3) is 12.7. The molecule has 0 aliphatic carbocycles. The molecule has 27 heavy (non-hydrogen) atoms. The summed E-state index contributed by atoms with van der Waals surface area (Å²) < 4.78 is 39.2. The van der Waals surface area contributed by atoms with E-state index >= 15 is 0 Å². The van der Waals surface area contributed by atoms with Crippen LogP contribution in [-0.4, -0.2) is 129 Å². The summed E-state index contributed by atoms with van der Waals surface area (Å²) in [5.41, 5.74) is 0. The van der Waals surface area contributed by atoms with Gasteiger partial charge in [0.25, 0.3) is 0 Å². The summed E-state index contributed by atoms with van der Waals surface area (Å²) in [6, 6.07) is 0. The van der Waals surface area contributed by atoms with Gasteiger partial charge in [0.2, 0.25) is 0 Å². The van der Waals surface area contributed by atoms with Crippen LogP contribution in [0, 0.1) is 0 Å². The van der Waals surface area contributed by atoms with Crippen LogP contribution in [0.3, 0.4) is 0 Å². The molecule has 0 aromatic carbocycles. The third-order valence-corrected chi connectivity index (χ3v) is 4.39. The van der Waals surface area contributed by atoms with E-state index in [0.29, 0.717) is 79.7 Å². The van der Waals surface area contributed by atoms with Crippen molar-refractivity contribution in [2.75, 3.05) is 119 Å². The van der Waals surface area contributed by atoms with Gasteiger partial charge in [0.15, 0.2) is 0 Å². The van der Waals surface area contributed by atoms with Crippen LogP contribution in [0.15, 0.2) is 0 Å². The quantitative estimate of drug-likeness (QED) is 0.514. The van der Waals surface area contributed by atoms with E-state index in [1.165, 1.54) is 0 Å². The van der Waals surface area contributed by atoms with Gasteiger partial charge in [-0.1, -0.05) is 0 Å². The highest BCUT2D eigenvalue weighted by atomic mass is 16.7. The van der Waals surface area contributed by atoms with Crippen molar-refractivity contribution in [2.24, 2.45) is 0 Å². The minimum Gasteiger partial charge on any atom is -0.378 e. The van der Waals surface area contributed by atoms with Gasteiger partial charge in [-0.3, -0.25) is 9.80 Å². The van der Waals surface area contributed by atoms with E-state index in [0.717, 1.165) is 39.3 Å². The average Bonchev–Trinajstić information content (AvgIpc) is 2.67. The Bertz CT molecular complexity index is 287. The molecule has 0 amide bonds. The standard InChI is InChI=1S/C18H36N2O7/c1-7-21-13-15-23-16-14-22-8-2-20-5-11-26-17-24-9-3-19(1)4-10-25-18-27-12-6-20/h1-18H2. The molecule has 9 nitrogen and oxygen atoms in total. The molecule has 0 unspecified atom stereocenters. The summed E-state index contributed by atoms with van der Waals surface area (Å²) in [5.74, 6) is 0. The molecule has 0 atom stereocenters. The molecule has 3 aliphatic heterocycles. The van der Waals surface area contributed by atoms with Gasteiger partial charge < -0.3 is 33.2 Å². The molecule has 2 bridgehead atoms. The fraction of sp³-hybridized carbons (Fsp3) is 1.00. The van der Waals surface area contributed by atoms with Crippen molar-refractivity contribution in [3.8, 4) is 0 Å². The number of hydrogen-bond donors (Lipinski definition) is 0. The molecular formula is C18H36N2O7. The second kappa shape index (κ2) is 16.6. The molecule has 3 aliphatic rings. The highest BCUT2D eigenvalue weighted by Crippen LogP contribution is 1.96. The lowest BCUT2D eigenvalue weighted by Gasteiger charge is -2.24.